The van der Waals surface area contributed by atoms with Gasteiger partial charge in [0.25, 0.3) is 0 Å². The van der Waals surface area contributed by atoms with Crippen molar-refractivity contribution in [2.45, 2.75) is 24.7 Å². The van der Waals surface area contributed by atoms with Crippen LogP contribution in [0.3, 0.4) is 0 Å². The largest absolute Gasteiger partial charge is 0.395 e. The highest BCUT2D eigenvalue weighted by Crippen LogP contribution is 2.57. The molecule has 1 aromatic rings. The first kappa shape index (κ1) is 13.5. The summed E-state index contributed by atoms with van der Waals surface area (Å²) < 4.78 is 0. The van der Waals surface area contributed by atoms with Crippen molar-refractivity contribution in [3.05, 3.63) is 48.0 Å². The molecule has 2 bridgehead atoms. The summed E-state index contributed by atoms with van der Waals surface area (Å²) in [4.78, 5) is 2.62. The standard InChI is InChI=1S/C19H25NO/c21-14-19(16-6-2-1-3-7-16)17-9-8-15(12-17)18(19)13-20-10-4-5-11-20/h1-3,6-9,15,17-18,21H,4-5,10-14H2. The van der Waals surface area contributed by atoms with Crippen LogP contribution < -0.4 is 0 Å². The van der Waals surface area contributed by atoms with Crippen molar-refractivity contribution in [1.29, 1.82) is 0 Å². The van der Waals surface area contributed by atoms with Crippen LogP contribution >= 0.6 is 0 Å². The fraction of sp³-hybridized carbons (Fsp3) is 0.579. The predicted octanol–water partition coefficient (Wildman–Crippen LogP) is 2.83. The molecule has 3 aliphatic rings. The van der Waals surface area contributed by atoms with Crippen molar-refractivity contribution in [2.75, 3.05) is 26.2 Å². The molecule has 1 N–H and O–H groups in total. The van der Waals surface area contributed by atoms with E-state index in [2.05, 4.69) is 47.4 Å². The van der Waals surface area contributed by atoms with Gasteiger partial charge in [-0.3, -0.25) is 0 Å². The van der Waals surface area contributed by atoms with Crippen molar-refractivity contribution in [3.8, 4) is 0 Å². The Morgan fingerprint density at radius 1 is 1.10 bits per heavy atom. The van der Waals surface area contributed by atoms with Gasteiger partial charge in [0.2, 0.25) is 0 Å². The third kappa shape index (κ3) is 2.00. The van der Waals surface area contributed by atoms with Crippen LogP contribution in [0.4, 0.5) is 0 Å². The van der Waals surface area contributed by atoms with E-state index < -0.39 is 0 Å². The van der Waals surface area contributed by atoms with Crippen molar-refractivity contribution in [2.24, 2.45) is 17.8 Å². The SMILES string of the molecule is OCC1(c2ccccc2)C2C=CC(C2)C1CN1CCCC1. The molecule has 4 unspecified atom stereocenters. The molecule has 112 valence electrons. The van der Waals surface area contributed by atoms with Crippen LogP contribution in [0, 0.1) is 17.8 Å². The fourth-order valence-electron chi connectivity index (χ4n) is 5.11. The van der Waals surface area contributed by atoms with Crippen molar-refractivity contribution in [3.63, 3.8) is 0 Å². The highest BCUT2D eigenvalue weighted by atomic mass is 16.3. The second kappa shape index (κ2) is 5.26. The molecule has 0 radical (unpaired) electrons. The lowest BCUT2D eigenvalue weighted by Crippen LogP contribution is -2.47. The van der Waals surface area contributed by atoms with Crippen LogP contribution in [0.5, 0.6) is 0 Å². The Hall–Kier alpha value is -1.12. The van der Waals surface area contributed by atoms with E-state index in [1.54, 1.807) is 0 Å². The molecule has 21 heavy (non-hydrogen) atoms. The lowest BCUT2D eigenvalue weighted by atomic mass is 9.64. The van der Waals surface area contributed by atoms with E-state index in [-0.39, 0.29) is 12.0 Å². The normalized spacial score (nSPS) is 38.4. The highest BCUT2D eigenvalue weighted by molar-refractivity contribution is 5.36. The average molecular weight is 283 g/mol. The number of rotatable bonds is 4. The number of hydrogen-bond donors (Lipinski definition) is 1. The summed E-state index contributed by atoms with van der Waals surface area (Å²) in [5.74, 6) is 1.74. The van der Waals surface area contributed by atoms with Crippen molar-refractivity contribution in [1.82, 2.24) is 4.90 Å². The van der Waals surface area contributed by atoms with Gasteiger partial charge in [-0.05, 0) is 55.7 Å². The van der Waals surface area contributed by atoms with Crippen LogP contribution in [0.25, 0.3) is 0 Å². The minimum atomic E-state index is -0.0523. The van der Waals surface area contributed by atoms with Crippen LogP contribution in [0.1, 0.15) is 24.8 Å². The maximum atomic E-state index is 10.4. The van der Waals surface area contributed by atoms with Gasteiger partial charge in [-0.1, -0.05) is 42.5 Å². The minimum absolute atomic E-state index is 0.0523. The Kier molecular flexibility index (Phi) is 3.39. The number of aliphatic hydroxyl groups is 1. The van der Waals surface area contributed by atoms with E-state index in [1.165, 1.54) is 37.9 Å². The topological polar surface area (TPSA) is 23.5 Å². The maximum absolute atomic E-state index is 10.4. The van der Waals surface area contributed by atoms with Crippen LogP contribution in [0.2, 0.25) is 0 Å². The van der Waals surface area contributed by atoms with Crippen LogP contribution in [0.15, 0.2) is 42.5 Å². The Morgan fingerprint density at radius 2 is 1.86 bits per heavy atom. The third-order valence-electron chi connectivity index (χ3n) is 6.18. The zero-order valence-corrected chi connectivity index (χ0v) is 12.6. The summed E-state index contributed by atoms with van der Waals surface area (Å²) in [5.41, 5.74) is 1.29. The first-order valence-electron chi connectivity index (χ1n) is 8.41. The van der Waals surface area contributed by atoms with Gasteiger partial charge in [0.05, 0.1) is 6.61 Å². The second-order valence-corrected chi connectivity index (χ2v) is 7.07. The molecule has 4 atom stereocenters. The quantitative estimate of drug-likeness (QED) is 0.859. The molecule has 2 aliphatic carbocycles. The Morgan fingerprint density at radius 3 is 2.57 bits per heavy atom. The van der Waals surface area contributed by atoms with Gasteiger partial charge in [0.1, 0.15) is 0 Å². The van der Waals surface area contributed by atoms with Crippen molar-refractivity contribution < 1.29 is 5.11 Å². The van der Waals surface area contributed by atoms with E-state index in [9.17, 15) is 5.11 Å². The molecule has 2 fully saturated rings. The van der Waals surface area contributed by atoms with Gasteiger partial charge in [0.15, 0.2) is 0 Å². The van der Waals surface area contributed by atoms with Gasteiger partial charge in [-0.15, -0.1) is 0 Å². The predicted molar refractivity (Wildman–Crippen MR) is 85.1 cm³/mol. The van der Waals surface area contributed by atoms with Gasteiger partial charge in [-0.25, -0.2) is 0 Å². The summed E-state index contributed by atoms with van der Waals surface area (Å²) in [7, 11) is 0. The molecular weight excluding hydrogens is 258 g/mol. The molecule has 2 heteroatoms. The molecule has 1 saturated heterocycles. The number of benzene rings is 1. The summed E-state index contributed by atoms with van der Waals surface area (Å²) in [6, 6.07) is 10.8. The van der Waals surface area contributed by atoms with E-state index in [4.69, 9.17) is 0 Å². The minimum Gasteiger partial charge on any atom is -0.395 e. The fourth-order valence-corrected chi connectivity index (χ4v) is 5.11. The molecule has 0 amide bonds. The number of likely N-dealkylation sites (tertiary alicyclic amines) is 1. The third-order valence-corrected chi connectivity index (χ3v) is 6.18. The van der Waals surface area contributed by atoms with Gasteiger partial charge >= 0.3 is 0 Å². The average Bonchev–Trinajstić information content (AvgIpc) is 3.25. The zero-order valence-electron chi connectivity index (χ0n) is 12.6. The van der Waals surface area contributed by atoms with E-state index >= 15 is 0 Å². The van der Waals surface area contributed by atoms with Crippen molar-refractivity contribution >= 4 is 0 Å². The summed E-state index contributed by atoms with van der Waals surface area (Å²) in [6.07, 6.45) is 8.70. The van der Waals surface area contributed by atoms with Gasteiger partial charge in [-0.2, -0.15) is 0 Å². The van der Waals surface area contributed by atoms with E-state index in [0.717, 1.165) is 6.54 Å². The van der Waals surface area contributed by atoms with Gasteiger partial charge < -0.3 is 10.0 Å². The molecule has 1 saturated carbocycles. The molecule has 2 nitrogen and oxygen atoms in total. The molecule has 0 aromatic heterocycles. The Balaban J connectivity index is 1.70. The Bertz CT molecular complexity index is 520. The molecule has 1 heterocycles. The van der Waals surface area contributed by atoms with E-state index in [1.807, 2.05) is 0 Å². The summed E-state index contributed by atoms with van der Waals surface area (Å²) in [5, 5.41) is 10.4. The zero-order chi connectivity index (χ0) is 14.3. The molecule has 1 aromatic carbocycles. The number of hydrogen-bond acceptors (Lipinski definition) is 2. The molecule has 4 rings (SSSR count). The number of allylic oxidation sites excluding steroid dienone is 2. The second-order valence-electron chi connectivity index (χ2n) is 7.07. The first-order valence-corrected chi connectivity index (χ1v) is 8.41. The lowest BCUT2D eigenvalue weighted by molar-refractivity contribution is 0.0981. The number of aliphatic hydroxyl groups excluding tert-OH is 1. The Labute approximate surface area is 127 Å². The van der Waals surface area contributed by atoms with E-state index in [0.29, 0.717) is 17.8 Å². The molecular formula is C19H25NO. The van der Waals surface area contributed by atoms with Gasteiger partial charge in [0, 0.05) is 12.0 Å². The lowest BCUT2D eigenvalue weighted by Gasteiger charge is -2.43. The first-order chi connectivity index (χ1) is 10.3. The summed E-state index contributed by atoms with van der Waals surface area (Å²) in [6.45, 7) is 3.92. The van der Waals surface area contributed by atoms with Crippen LogP contribution in [-0.2, 0) is 5.41 Å². The number of nitrogens with zero attached hydrogens (tertiary/aromatic N) is 1. The molecule has 0 spiro atoms. The summed E-state index contributed by atoms with van der Waals surface area (Å²) >= 11 is 0. The maximum Gasteiger partial charge on any atom is 0.0537 e. The van der Waals surface area contributed by atoms with Crippen LogP contribution in [-0.4, -0.2) is 36.2 Å². The smallest absolute Gasteiger partial charge is 0.0537 e. The molecule has 1 aliphatic heterocycles. The number of fused-ring (bicyclic) bond motifs is 2. The monoisotopic (exact) mass is 283 g/mol. The highest BCUT2D eigenvalue weighted by Gasteiger charge is 2.56.